The summed E-state index contributed by atoms with van der Waals surface area (Å²) in [4.78, 5) is 41.2. The molecule has 2 atom stereocenters. The van der Waals surface area contributed by atoms with Gasteiger partial charge in [0.1, 0.15) is 28.9 Å². The number of carbonyl (C=O) groups is 1. The van der Waals surface area contributed by atoms with Gasteiger partial charge < -0.3 is 26.4 Å². The lowest BCUT2D eigenvalue weighted by Crippen LogP contribution is -2.37. The van der Waals surface area contributed by atoms with Crippen molar-refractivity contribution in [3.8, 4) is 6.07 Å². The van der Waals surface area contributed by atoms with Gasteiger partial charge in [0.05, 0.1) is 22.0 Å². The molecular weight excluding hydrogens is 522 g/mol. The molecule has 12 nitrogen and oxygen atoms in total. The number of carbonyl (C=O) groups excluding carboxylic acids is 1. The fraction of sp³-hybridized carbons (Fsp3) is 0.462. The highest BCUT2D eigenvalue weighted by atomic mass is 35.5. The molecule has 1 aliphatic rings. The smallest absolute Gasteiger partial charge is 0.410 e. The first-order valence-corrected chi connectivity index (χ1v) is 13.1. The SMILES string of the molecule is C[C@H](Nc1nc(N)nc(N)c1C#N)c1nc2cccc(Cl)c2c(=O)n1C1CCCN(C(=O)OC(C)(C)C)CC1. The Kier molecular flexibility index (Phi) is 7.83. The van der Waals surface area contributed by atoms with Gasteiger partial charge >= 0.3 is 6.09 Å². The van der Waals surface area contributed by atoms with Crippen molar-refractivity contribution in [2.45, 2.75) is 64.6 Å². The number of nitrogens with two attached hydrogens (primary N) is 2. The van der Waals surface area contributed by atoms with Crippen LogP contribution in [0.3, 0.4) is 0 Å². The van der Waals surface area contributed by atoms with E-state index < -0.39 is 11.6 Å². The third-order valence-corrected chi connectivity index (χ3v) is 6.74. The van der Waals surface area contributed by atoms with Crippen LogP contribution in [0, 0.1) is 11.3 Å². The summed E-state index contributed by atoms with van der Waals surface area (Å²) < 4.78 is 7.20. The lowest BCUT2D eigenvalue weighted by molar-refractivity contribution is 0.0255. The van der Waals surface area contributed by atoms with Crippen LogP contribution >= 0.6 is 11.6 Å². The molecule has 0 bridgehead atoms. The molecule has 1 amide bonds. The quantitative estimate of drug-likeness (QED) is 0.427. The Balaban J connectivity index is 1.76. The number of likely N-dealkylation sites (tertiary alicyclic amines) is 1. The third kappa shape index (κ3) is 5.98. The minimum absolute atomic E-state index is 0.0382. The number of benzene rings is 1. The molecule has 2 aromatic heterocycles. The summed E-state index contributed by atoms with van der Waals surface area (Å²) >= 11 is 6.45. The van der Waals surface area contributed by atoms with Crippen LogP contribution < -0.4 is 22.3 Å². The number of aromatic nitrogens is 4. The van der Waals surface area contributed by atoms with E-state index in [1.54, 1.807) is 34.6 Å². The fourth-order valence-electron chi connectivity index (χ4n) is 4.70. The highest BCUT2D eigenvalue weighted by molar-refractivity contribution is 6.35. The lowest BCUT2D eigenvalue weighted by atomic mass is 10.1. The lowest BCUT2D eigenvalue weighted by Gasteiger charge is -2.27. The zero-order chi connectivity index (χ0) is 28.5. The molecule has 1 aromatic carbocycles. The number of anilines is 3. The molecule has 4 rings (SSSR count). The minimum Gasteiger partial charge on any atom is -0.444 e. The number of nitrogens with zero attached hydrogens (tertiary/aromatic N) is 6. The molecular formula is C26H32ClN9O3. The van der Waals surface area contributed by atoms with Gasteiger partial charge in [-0.1, -0.05) is 17.7 Å². The van der Waals surface area contributed by atoms with E-state index in [1.807, 2.05) is 26.8 Å². The summed E-state index contributed by atoms with van der Waals surface area (Å²) in [6, 6.07) is 6.24. The average molecular weight is 554 g/mol. The number of amides is 1. The summed E-state index contributed by atoms with van der Waals surface area (Å²) in [5, 5.41) is 13.4. The van der Waals surface area contributed by atoms with Crippen LogP contribution in [0.15, 0.2) is 23.0 Å². The molecule has 1 unspecified atom stereocenters. The Morgan fingerprint density at radius 2 is 1.97 bits per heavy atom. The van der Waals surface area contributed by atoms with E-state index >= 15 is 0 Å². The molecule has 0 saturated carbocycles. The largest absolute Gasteiger partial charge is 0.444 e. The van der Waals surface area contributed by atoms with E-state index in [-0.39, 0.29) is 40.8 Å². The van der Waals surface area contributed by atoms with Crippen molar-refractivity contribution in [2.24, 2.45) is 0 Å². The maximum absolute atomic E-state index is 14.0. The molecule has 0 spiro atoms. The Morgan fingerprint density at radius 1 is 1.23 bits per heavy atom. The minimum atomic E-state index is -0.608. The van der Waals surface area contributed by atoms with E-state index in [2.05, 4.69) is 15.3 Å². The standard InChI is InChI=1S/C26H32ClN9O3/c1-14(31-21-16(13-28)20(29)33-24(30)34-21)22-32-18-9-5-8-17(27)19(18)23(37)36(22)15-7-6-11-35(12-10-15)25(38)39-26(2,3)4/h5,8-9,14-15H,6-7,10-12H2,1-4H3,(H5,29,30,31,33,34)/t14-,15?/m0/s1. The van der Waals surface area contributed by atoms with Crippen molar-refractivity contribution in [1.29, 1.82) is 5.26 Å². The number of halogens is 1. The maximum atomic E-state index is 14.0. The predicted octanol–water partition coefficient (Wildman–Crippen LogP) is 4.01. The highest BCUT2D eigenvalue weighted by Gasteiger charge is 2.29. The molecule has 39 heavy (non-hydrogen) atoms. The van der Waals surface area contributed by atoms with Crippen molar-refractivity contribution in [3.63, 3.8) is 0 Å². The van der Waals surface area contributed by atoms with Crippen molar-refractivity contribution in [1.82, 2.24) is 24.4 Å². The third-order valence-electron chi connectivity index (χ3n) is 6.43. The molecule has 0 aliphatic carbocycles. The molecule has 5 N–H and O–H groups in total. The highest BCUT2D eigenvalue weighted by Crippen LogP contribution is 2.30. The van der Waals surface area contributed by atoms with Gasteiger partial charge in [0.15, 0.2) is 5.82 Å². The van der Waals surface area contributed by atoms with E-state index in [0.29, 0.717) is 54.1 Å². The Hall–Kier alpha value is -4.11. The molecule has 206 valence electrons. The van der Waals surface area contributed by atoms with Gasteiger partial charge in [0.25, 0.3) is 5.56 Å². The zero-order valence-corrected chi connectivity index (χ0v) is 23.1. The second-order valence-electron chi connectivity index (χ2n) is 10.5. The fourth-order valence-corrected chi connectivity index (χ4v) is 4.95. The molecule has 0 radical (unpaired) electrons. The van der Waals surface area contributed by atoms with Crippen LogP contribution in [0.1, 0.15) is 70.4 Å². The molecule has 1 aliphatic heterocycles. The second-order valence-corrected chi connectivity index (χ2v) is 10.9. The van der Waals surface area contributed by atoms with Gasteiger partial charge in [0, 0.05) is 19.1 Å². The van der Waals surface area contributed by atoms with Crippen LogP contribution in [-0.4, -0.2) is 49.2 Å². The van der Waals surface area contributed by atoms with Gasteiger partial charge in [-0.3, -0.25) is 9.36 Å². The van der Waals surface area contributed by atoms with Gasteiger partial charge in [0.2, 0.25) is 5.95 Å². The van der Waals surface area contributed by atoms with Crippen molar-refractivity contribution < 1.29 is 9.53 Å². The van der Waals surface area contributed by atoms with Crippen molar-refractivity contribution in [3.05, 3.63) is 45.0 Å². The Labute approximate surface area is 230 Å². The first-order valence-electron chi connectivity index (χ1n) is 12.7. The van der Waals surface area contributed by atoms with Gasteiger partial charge in [-0.2, -0.15) is 15.2 Å². The Morgan fingerprint density at radius 3 is 2.67 bits per heavy atom. The van der Waals surface area contributed by atoms with E-state index in [1.165, 1.54) is 0 Å². The predicted molar refractivity (Wildman–Crippen MR) is 149 cm³/mol. The second kappa shape index (κ2) is 10.9. The molecule has 13 heteroatoms. The van der Waals surface area contributed by atoms with Gasteiger partial charge in [-0.25, -0.2) is 9.78 Å². The number of hydrogen-bond acceptors (Lipinski definition) is 10. The number of hydrogen-bond donors (Lipinski definition) is 3. The first-order chi connectivity index (χ1) is 18.4. The zero-order valence-electron chi connectivity index (χ0n) is 22.4. The topological polar surface area (TPSA) is 178 Å². The normalized spacial score (nSPS) is 16.8. The van der Waals surface area contributed by atoms with Crippen molar-refractivity contribution in [2.75, 3.05) is 29.9 Å². The van der Waals surface area contributed by atoms with E-state index in [4.69, 9.17) is 32.8 Å². The summed E-state index contributed by atoms with van der Waals surface area (Å²) in [6.07, 6.45) is 1.42. The molecule has 1 saturated heterocycles. The maximum Gasteiger partial charge on any atom is 0.410 e. The number of nitriles is 1. The molecule has 3 aromatic rings. The van der Waals surface area contributed by atoms with Crippen LogP contribution in [-0.2, 0) is 4.74 Å². The summed E-state index contributed by atoms with van der Waals surface area (Å²) in [5.41, 5.74) is 11.2. The van der Waals surface area contributed by atoms with Crippen LogP contribution in [0.4, 0.5) is 22.4 Å². The van der Waals surface area contributed by atoms with Gasteiger partial charge in [-0.15, -0.1) is 0 Å². The Bertz CT molecular complexity index is 1510. The monoisotopic (exact) mass is 553 g/mol. The van der Waals surface area contributed by atoms with Crippen LogP contribution in [0.5, 0.6) is 0 Å². The van der Waals surface area contributed by atoms with Gasteiger partial charge in [-0.05, 0) is 59.1 Å². The number of nitrogen functional groups attached to an aromatic ring is 2. The molecule has 3 heterocycles. The van der Waals surface area contributed by atoms with Crippen LogP contribution in [0.25, 0.3) is 10.9 Å². The van der Waals surface area contributed by atoms with Crippen LogP contribution in [0.2, 0.25) is 5.02 Å². The van der Waals surface area contributed by atoms with E-state index in [9.17, 15) is 14.9 Å². The summed E-state index contributed by atoms with van der Waals surface area (Å²) in [6.45, 7) is 8.20. The number of rotatable bonds is 4. The summed E-state index contributed by atoms with van der Waals surface area (Å²) in [5.74, 6) is 0.410. The average Bonchev–Trinajstić information content (AvgIpc) is 3.09. The number of ether oxygens (including phenoxy) is 1. The summed E-state index contributed by atoms with van der Waals surface area (Å²) in [7, 11) is 0. The van der Waals surface area contributed by atoms with Crippen molar-refractivity contribution >= 4 is 46.2 Å². The molecule has 1 fully saturated rings. The van der Waals surface area contributed by atoms with E-state index in [0.717, 1.165) is 0 Å². The number of fused-ring (bicyclic) bond motifs is 1. The number of nitrogens with one attached hydrogen (secondary N) is 1. The first kappa shape index (κ1) is 27.9.